The van der Waals surface area contributed by atoms with Crippen LogP contribution in [0.5, 0.6) is 0 Å². The Hall–Kier alpha value is -1.86. The summed E-state index contributed by atoms with van der Waals surface area (Å²) in [5.41, 5.74) is 5.60. The summed E-state index contributed by atoms with van der Waals surface area (Å²) in [7, 11) is 0. The van der Waals surface area contributed by atoms with Gasteiger partial charge in [-0.1, -0.05) is 35.5 Å². The average molecular weight is 297 g/mol. The highest BCUT2D eigenvalue weighted by molar-refractivity contribution is 7.99. The zero-order valence-corrected chi connectivity index (χ0v) is 11.4. The monoisotopic (exact) mass is 296 g/mol. The van der Waals surface area contributed by atoms with Crippen molar-refractivity contribution in [2.75, 3.05) is 5.73 Å². The lowest BCUT2D eigenvalue weighted by molar-refractivity contribution is -0.389. The summed E-state index contributed by atoms with van der Waals surface area (Å²) in [5, 5.41) is 11.7. The molecule has 0 aliphatic heterocycles. The fourth-order valence-electron chi connectivity index (χ4n) is 1.47. The van der Waals surface area contributed by atoms with Crippen LogP contribution in [0.4, 0.5) is 11.6 Å². The summed E-state index contributed by atoms with van der Waals surface area (Å²) in [6.45, 7) is 1.52. The van der Waals surface area contributed by atoms with Crippen molar-refractivity contribution in [3.8, 4) is 0 Å². The average Bonchev–Trinajstić information content (AvgIpc) is 2.30. The smallest absolute Gasteiger partial charge is 0.322 e. The van der Waals surface area contributed by atoms with Crippen molar-refractivity contribution in [2.45, 2.75) is 16.8 Å². The van der Waals surface area contributed by atoms with E-state index in [2.05, 4.69) is 9.97 Å². The van der Waals surface area contributed by atoms with Gasteiger partial charge in [0.2, 0.25) is 5.95 Å². The molecule has 0 aliphatic carbocycles. The van der Waals surface area contributed by atoms with E-state index in [1.54, 1.807) is 24.3 Å². The summed E-state index contributed by atoms with van der Waals surface area (Å²) >= 11 is 7.11. The van der Waals surface area contributed by atoms with Gasteiger partial charge in [-0.3, -0.25) is 10.1 Å². The van der Waals surface area contributed by atoms with Crippen molar-refractivity contribution in [1.29, 1.82) is 0 Å². The molecule has 0 unspecified atom stereocenters. The van der Waals surface area contributed by atoms with E-state index in [9.17, 15) is 10.1 Å². The summed E-state index contributed by atoms with van der Waals surface area (Å²) < 4.78 is 0. The van der Waals surface area contributed by atoms with Crippen molar-refractivity contribution in [1.82, 2.24) is 9.97 Å². The minimum Gasteiger partial charge on any atom is -0.368 e. The van der Waals surface area contributed by atoms with Crippen LogP contribution < -0.4 is 5.73 Å². The minimum absolute atomic E-state index is 0.00217. The first-order chi connectivity index (χ1) is 8.99. The first kappa shape index (κ1) is 13.6. The van der Waals surface area contributed by atoms with Crippen LogP contribution in [0.25, 0.3) is 0 Å². The third kappa shape index (κ3) is 2.94. The molecular weight excluding hydrogens is 288 g/mol. The number of aromatic nitrogens is 2. The Morgan fingerprint density at radius 3 is 2.68 bits per heavy atom. The summed E-state index contributed by atoms with van der Waals surface area (Å²) in [5.74, 6) is -0.00217. The van der Waals surface area contributed by atoms with Gasteiger partial charge in [0.1, 0.15) is 5.69 Å². The molecule has 2 N–H and O–H groups in total. The van der Waals surface area contributed by atoms with Crippen LogP contribution in [-0.2, 0) is 0 Å². The summed E-state index contributed by atoms with van der Waals surface area (Å²) in [6.07, 6.45) is 0. The largest absolute Gasteiger partial charge is 0.368 e. The molecule has 1 aromatic carbocycles. The molecule has 1 heterocycles. The zero-order chi connectivity index (χ0) is 14.0. The van der Waals surface area contributed by atoms with Crippen LogP contribution in [-0.4, -0.2) is 14.9 Å². The van der Waals surface area contributed by atoms with Crippen LogP contribution >= 0.6 is 23.4 Å². The zero-order valence-electron chi connectivity index (χ0n) is 9.83. The molecule has 0 amide bonds. The molecule has 0 saturated carbocycles. The van der Waals surface area contributed by atoms with Crippen LogP contribution in [0.15, 0.2) is 34.2 Å². The summed E-state index contributed by atoms with van der Waals surface area (Å²) in [6, 6.07) is 7.02. The van der Waals surface area contributed by atoms with E-state index in [4.69, 9.17) is 17.3 Å². The van der Waals surface area contributed by atoms with Gasteiger partial charge in [-0.2, -0.15) is 4.98 Å². The molecule has 0 bridgehead atoms. The van der Waals surface area contributed by atoms with Crippen molar-refractivity contribution in [3.63, 3.8) is 0 Å². The second-order valence-electron chi connectivity index (χ2n) is 3.61. The maximum Gasteiger partial charge on any atom is 0.322 e. The number of halogens is 1. The normalized spacial score (nSPS) is 10.4. The Bertz CT molecular complexity index is 651. The molecule has 8 heteroatoms. The van der Waals surface area contributed by atoms with Crippen LogP contribution in [0.3, 0.4) is 0 Å². The second-order valence-corrected chi connectivity index (χ2v) is 5.05. The lowest BCUT2D eigenvalue weighted by atomic mass is 10.4. The molecule has 0 radical (unpaired) electrons. The SMILES string of the molecule is Cc1nc(N)nc(Sc2ccccc2Cl)c1[N+](=O)[O-]. The maximum absolute atomic E-state index is 11.1. The van der Waals surface area contributed by atoms with Gasteiger partial charge in [0.05, 0.1) is 9.95 Å². The second kappa shape index (κ2) is 5.41. The molecular formula is C11H9ClN4O2S. The lowest BCUT2D eigenvalue weighted by Crippen LogP contribution is -2.04. The standard InChI is InChI=1S/C11H9ClN4O2S/c1-6-9(16(17)18)10(15-11(13)14-6)19-8-5-3-2-4-7(8)12/h2-5H,1H3,(H2,13,14,15). The fraction of sp³-hybridized carbons (Fsp3) is 0.0909. The van der Waals surface area contributed by atoms with E-state index in [0.717, 1.165) is 11.8 Å². The van der Waals surface area contributed by atoms with Crippen LogP contribution in [0.1, 0.15) is 5.69 Å². The minimum atomic E-state index is -0.520. The number of hydrogen-bond acceptors (Lipinski definition) is 6. The highest BCUT2D eigenvalue weighted by Crippen LogP contribution is 2.37. The molecule has 0 saturated heterocycles. The molecule has 98 valence electrons. The van der Waals surface area contributed by atoms with Crippen molar-refractivity contribution in [2.24, 2.45) is 0 Å². The number of nitrogen functional groups attached to an aromatic ring is 1. The highest BCUT2D eigenvalue weighted by Gasteiger charge is 2.22. The number of nitrogens with zero attached hydrogens (tertiary/aromatic N) is 3. The third-order valence-corrected chi connectivity index (χ3v) is 3.77. The number of benzene rings is 1. The number of nitro groups is 1. The Balaban J connectivity index is 2.51. The van der Waals surface area contributed by atoms with E-state index in [-0.39, 0.29) is 22.4 Å². The number of anilines is 1. The van der Waals surface area contributed by atoms with E-state index in [1.807, 2.05) is 0 Å². The first-order valence-electron chi connectivity index (χ1n) is 5.20. The van der Waals surface area contributed by atoms with Gasteiger partial charge >= 0.3 is 5.69 Å². The fourth-order valence-corrected chi connectivity index (χ4v) is 2.70. The predicted molar refractivity (Wildman–Crippen MR) is 73.4 cm³/mol. The van der Waals surface area contributed by atoms with Gasteiger partial charge in [-0.05, 0) is 19.1 Å². The van der Waals surface area contributed by atoms with Gasteiger partial charge in [0.15, 0.2) is 5.03 Å². The van der Waals surface area contributed by atoms with Crippen molar-refractivity contribution in [3.05, 3.63) is 45.1 Å². The topological polar surface area (TPSA) is 94.9 Å². The van der Waals surface area contributed by atoms with Gasteiger partial charge in [-0.25, -0.2) is 4.98 Å². The quantitative estimate of drug-likeness (QED) is 0.531. The van der Waals surface area contributed by atoms with Crippen LogP contribution in [0, 0.1) is 17.0 Å². The van der Waals surface area contributed by atoms with Crippen molar-refractivity contribution >= 4 is 35.0 Å². The Morgan fingerprint density at radius 1 is 1.37 bits per heavy atom. The van der Waals surface area contributed by atoms with E-state index >= 15 is 0 Å². The Labute approximate surface area is 118 Å². The molecule has 2 aromatic rings. The number of hydrogen-bond donors (Lipinski definition) is 1. The van der Waals surface area contributed by atoms with E-state index in [0.29, 0.717) is 9.92 Å². The first-order valence-corrected chi connectivity index (χ1v) is 6.39. The lowest BCUT2D eigenvalue weighted by Gasteiger charge is -2.06. The van der Waals surface area contributed by atoms with Gasteiger partial charge < -0.3 is 5.73 Å². The number of nitrogens with two attached hydrogens (primary N) is 1. The number of rotatable bonds is 3. The molecule has 1 aromatic heterocycles. The molecule has 0 atom stereocenters. The Kier molecular flexibility index (Phi) is 3.87. The van der Waals surface area contributed by atoms with Gasteiger partial charge in [0, 0.05) is 4.90 Å². The maximum atomic E-state index is 11.1. The number of aryl methyl sites for hydroxylation is 1. The summed E-state index contributed by atoms with van der Waals surface area (Å²) in [4.78, 5) is 18.9. The molecule has 19 heavy (non-hydrogen) atoms. The molecule has 0 fully saturated rings. The Morgan fingerprint density at radius 2 is 2.05 bits per heavy atom. The van der Waals surface area contributed by atoms with E-state index < -0.39 is 4.92 Å². The van der Waals surface area contributed by atoms with Gasteiger partial charge in [-0.15, -0.1) is 0 Å². The predicted octanol–water partition coefficient (Wildman–Crippen LogP) is 3.08. The van der Waals surface area contributed by atoms with Crippen LogP contribution in [0.2, 0.25) is 5.02 Å². The highest BCUT2D eigenvalue weighted by atomic mass is 35.5. The molecule has 0 aliphatic rings. The molecule has 2 rings (SSSR count). The molecule has 6 nitrogen and oxygen atoms in total. The molecule has 0 spiro atoms. The van der Waals surface area contributed by atoms with E-state index in [1.165, 1.54) is 6.92 Å². The third-order valence-electron chi connectivity index (χ3n) is 2.27. The van der Waals surface area contributed by atoms with Gasteiger partial charge in [0.25, 0.3) is 0 Å². The van der Waals surface area contributed by atoms with Crippen molar-refractivity contribution < 1.29 is 4.92 Å².